The van der Waals surface area contributed by atoms with Crippen molar-refractivity contribution in [1.82, 2.24) is 4.98 Å². The van der Waals surface area contributed by atoms with Crippen LogP contribution in [0.1, 0.15) is 5.56 Å². The van der Waals surface area contributed by atoms with Crippen LogP contribution in [-0.2, 0) is 4.79 Å². The molecule has 0 radical (unpaired) electrons. The van der Waals surface area contributed by atoms with Crippen molar-refractivity contribution in [2.75, 3.05) is 11.1 Å². The Bertz CT molecular complexity index is 829. The first-order valence-electron chi connectivity index (χ1n) is 7.31. The van der Waals surface area contributed by atoms with Crippen LogP contribution in [0.25, 0.3) is 11.3 Å². The van der Waals surface area contributed by atoms with E-state index in [0.717, 1.165) is 24.9 Å². The first-order valence-corrected chi connectivity index (χ1v) is 10.3. The number of carbonyl (C=O) groups excluding carboxylic acids is 1. The summed E-state index contributed by atoms with van der Waals surface area (Å²) in [6, 6.07) is 16.1. The van der Waals surface area contributed by atoms with E-state index >= 15 is 0 Å². The van der Waals surface area contributed by atoms with Crippen molar-refractivity contribution in [2.45, 2.75) is 11.3 Å². The van der Waals surface area contributed by atoms with Gasteiger partial charge in [-0.15, -0.1) is 11.3 Å². The van der Waals surface area contributed by atoms with Crippen molar-refractivity contribution in [1.29, 1.82) is 0 Å². The summed E-state index contributed by atoms with van der Waals surface area (Å²) in [7, 11) is 0. The minimum absolute atomic E-state index is 0.0201. The molecule has 1 N–H and O–H groups in total. The number of aryl methyl sites for hydroxylation is 1. The molecule has 3 nitrogen and oxygen atoms in total. The number of nitrogens with zero attached hydrogens (tertiary/aromatic N) is 1. The van der Waals surface area contributed by atoms with Crippen LogP contribution in [0.4, 0.5) is 5.69 Å². The maximum absolute atomic E-state index is 12.0. The number of thioether (sulfide) groups is 1. The highest BCUT2D eigenvalue weighted by Crippen LogP contribution is 2.28. The van der Waals surface area contributed by atoms with Crippen LogP contribution in [0.15, 0.2) is 58.3 Å². The molecule has 0 fully saturated rings. The molecular weight excluding hydrogens is 451 g/mol. The summed E-state index contributed by atoms with van der Waals surface area (Å²) < 4.78 is 2.05. The molecule has 1 heterocycles. The average Bonchev–Trinajstić information content (AvgIpc) is 3.05. The summed E-state index contributed by atoms with van der Waals surface area (Å²) in [6.45, 7) is 2.07. The largest absolute Gasteiger partial charge is 0.325 e. The molecule has 0 aliphatic carbocycles. The summed E-state index contributed by atoms with van der Waals surface area (Å²) in [5.41, 5.74) is 4.11. The SMILES string of the molecule is Cc1ccc(-c2csc(SCC(=O)Nc3ccc(I)cc3)n2)cc1. The van der Waals surface area contributed by atoms with E-state index < -0.39 is 0 Å². The van der Waals surface area contributed by atoms with E-state index in [0.29, 0.717) is 5.75 Å². The first-order chi connectivity index (χ1) is 11.6. The Morgan fingerprint density at radius 3 is 2.58 bits per heavy atom. The van der Waals surface area contributed by atoms with Gasteiger partial charge in [-0.3, -0.25) is 4.79 Å². The van der Waals surface area contributed by atoms with Gasteiger partial charge in [-0.25, -0.2) is 4.98 Å². The second-order valence-corrected chi connectivity index (χ2v) is 8.53. The zero-order valence-electron chi connectivity index (χ0n) is 13.0. The average molecular weight is 466 g/mol. The fraction of sp³-hybridized carbons (Fsp3) is 0.111. The van der Waals surface area contributed by atoms with Crippen molar-refractivity contribution < 1.29 is 4.79 Å². The van der Waals surface area contributed by atoms with Crippen LogP contribution in [-0.4, -0.2) is 16.6 Å². The number of thiazole rings is 1. The molecule has 1 aromatic heterocycles. The molecule has 0 bridgehead atoms. The lowest BCUT2D eigenvalue weighted by atomic mass is 10.1. The minimum atomic E-state index is -0.0201. The second kappa shape index (κ2) is 8.13. The molecular formula is C18H15IN2OS2. The van der Waals surface area contributed by atoms with Crippen molar-refractivity contribution >= 4 is 57.3 Å². The summed E-state index contributed by atoms with van der Waals surface area (Å²) in [4.78, 5) is 16.6. The van der Waals surface area contributed by atoms with Crippen molar-refractivity contribution in [3.8, 4) is 11.3 Å². The van der Waals surface area contributed by atoms with Gasteiger partial charge in [-0.1, -0.05) is 41.6 Å². The highest BCUT2D eigenvalue weighted by Gasteiger charge is 2.08. The van der Waals surface area contributed by atoms with E-state index in [1.165, 1.54) is 17.3 Å². The summed E-state index contributed by atoms with van der Waals surface area (Å²) in [5, 5.41) is 4.93. The number of hydrogen-bond acceptors (Lipinski definition) is 4. The Hall–Kier alpha value is -1.38. The van der Waals surface area contributed by atoms with Crippen molar-refractivity contribution in [3.05, 3.63) is 63.0 Å². The summed E-state index contributed by atoms with van der Waals surface area (Å²) >= 11 is 5.27. The lowest BCUT2D eigenvalue weighted by Gasteiger charge is -2.04. The summed E-state index contributed by atoms with van der Waals surface area (Å²) in [6.07, 6.45) is 0. The number of carbonyl (C=O) groups is 1. The highest BCUT2D eigenvalue weighted by molar-refractivity contribution is 14.1. The van der Waals surface area contributed by atoms with E-state index in [1.807, 2.05) is 29.6 Å². The predicted molar refractivity (Wildman–Crippen MR) is 111 cm³/mol. The third-order valence-corrected chi connectivity index (χ3v) is 6.03. The van der Waals surface area contributed by atoms with Crippen molar-refractivity contribution in [2.24, 2.45) is 0 Å². The van der Waals surface area contributed by atoms with Crippen LogP contribution < -0.4 is 5.32 Å². The lowest BCUT2D eigenvalue weighted by Crippen LogP contribution is -2.13. The van der Waals surface area contributed by atoms with E-state index in [9.17, 15) is 4.79 Å². The zero-order valence-corrected chi connectivity index (χ0v) is 16.7. The third kappa shape index (κ3) is 4.81. The fourth-order valence-electron chi connectivity index (χ4n) is 2.04. The molecule has 0 unspecified atom stereocenters. The van der Waals surface area contributed by atoms with E-state index in [2.05, 4.69) is 64.1 Å². The molecule has 122 valence electrons. The van der Waals surface area contributed by atoms with E-state index in [-0.39, 0.29) is 5.91 Å². The Morgan fingerprint density at radius 1 is 1.17 bits per heavy atom. The number of amides is 1. The topological polar surface area (TPSA) is 42.0 Å². The Balaban J connectivity index is 1.56. The van der Waals surface area contributed by atoms with Crippen LogP contribution in [0.5, 0.6) is 0 Å². The monoisotopic (exact) mass is 466 g/mol. The summed E-state index contributed by atoms with van der Waals surface area (Å²) in [5.74, 6) is 0.334. The number of rotatable bonds is 5. The lowest BCUT2D eigenvalue weighted by molar-refractivity contribution is -0.113. The Morgan fingerprint density at radius 2 is 1.88 bits per heavy atom. The van der Waals surface area contributed by atoms with Gasteiger partial charge in [0.05, 0.1) is 11.4 Å². The van der Waals surface area contributed by atoms with Gasteiger partial charge in [-0.05, 0) is 53.8 Å². The van der Waals surface area contributed by atoms with E-state index in [1.54, 1.807) is 11.3 Å². The standard InChI is InChI=1S/C18H15IN2OS2/c1-12-2-4-13(5-3-12)16-10-23-18(21-16)24-11-17(22)20-15-8-6-14(19)7-9-15/h2-10H,11H2,1H3,(H,20,22). The molecule has 6 heteroatoms. The Kier molecular flexibility index (Phi) is 5.91. The maximum Gasteiger partial charge on any atom is 0.234 e. The van der Waals surface area contributed by atoms with Crippen LogP contribution in [0.3, 0.4) is 0 Å². The van der Waals surface area contributed by atoms with Crippen LogP contribution >= 0.6 is 45.7 Å². The highest BCUT2D eigenvalue weighted by atomic mass is 127. The quantitative estimate of drug-likeness (QED) is 0.402. The van der Waals surface area contributed by atoms with Gasteiger partial charge < -0.3 is 5.32 Å². The number of hydrogen-bond donors (Lipinski definition) is 1. The van der Waals surface area contributed by atoms with Gasteiger partial charge in [-0.2, -0.15) is 0 Å². The van der Waals surface area contributed by atoms with Gasteiger partial charge >= 0.3 is 0 Å². The molecule has 3 aromatic rings. The van der Waals surface area contributed by atoms with E-state index in [4.69, 9.17) is 0 Å². The molecule has 0 saturated heterocycles. The molecule has 1 amide bonds. The smallest absolute Gasteiger partial charge is 0.234 e. The fourth-order valence-corrected chi connectivity index (χ4v) is 4.03. The van der Waals surface area contributed by atoms with Crippen LogP contribution in [0, 0.1) is 10.5 Å². The van der Waals surface area contributed by atoms with Gasteiger partial charge in [0.15, 0.2) is 4.34 Å². The molecule has 2 aromatic carbocycles. The number of anilines is 1. The molecule has 0 aliphatic rings. The van der Waals surface area contributed by atoms with Crippen LogP contribution in [0.2, 0.25) is 0 Å². The molecule has 0 aliphatic heterocycles. The zero-order chi connectivity index (χ0) is 16.9. The second-order valence-electron chi connectivity index (χ2n) is 5.21. The Labute approximate surface area is 163 Å². The number of benzene rings is 2. The maximum atomic E-state index is 12.0. The molecule has 0 spiro atoms. The van der Waals surface area contributed by atoms with Gasteiger partial charge in [0.1, 0.15) is 0 Å². The van der Waals surface area contributed by atoms with Gasteiger partial charge in [0.25, 0.3) is 0 Å². The molecule has 0 saturated carbocycles. The number of halogens is 1. The number of nitrogens with one attached hydrogen (secondary N) is 1. The van der Waals surface area contributed by atoms with Gasteiger partial charge in [0.2, 0.25) is 5.91 Å². The third-order valence-electron chi connectivity index (χ3n) is 3.29. The molecule has 24 heavy (non-hydrogen) atoms. The molecule has 0 atom stereocenters. The number of aromatic nitrogens is 1. The predicted octanol–water partition coefficient (Wildman–Crippen LogP) is 5.45. The van der Waals surface area contributed by atoms with Gasteiger partial charge in [0, 0.05) is 20.2 Å². The minimum Gasteiger partial charge on any atom is -0.325 e. The van der Waals surface area contributed by atoms with Crippen molar-refractivity contribution in [3.63, 3.8) is 0 Å². The normalized spacial score (nSPS) is 10.6. The molecule has 3 rings (SSSR count). The first kappa shape index (κ1) is 17.4.